The van der Waals surface area contributed by atoms with Crippen LogP contribution in [-0.4, -0.2) is 59.1 Å². The van der Waals surface area contributed by atoms with E-state index in [2.05, 4.69) is 51.5 Å². The quantitative estimate of drug-likeness (QED) is 0.328. The molecule has 0 bridgehead atoms. The summed E-state index contributed by atoms with van der Waals surface area (Å²) in [6, 6.07) is 7.91. The summed E-state index contributed by atoms with van der Waals surface area (Å²) in [5.41, 5.74) is 4.08. The molecule has 0 radical (unpaired) electrons. The number of benzene rings is 1. The first-order chi connectivity index (χ1) is 18.2. The zero-order valence-corrected chi connectivity index (χ0v) is 22.9. The molecule has 1 saturated heterocycles. The molecule has 196 valence electrons. The molecule has 0 amide bonds. The molecule has 1 N–H and O–H groups in total. The molecule has 5 aromatic rings. The lowest BCUT2D eigenvalue weighted by atomic mass is 9.95. The van der Waals surface area contributed by atoms with Gasteiger partial charge in [0.2, 0.25) is 5.82 Å². The molecule has 11 heteroatoms. The van der Waals surface area contributed by atoms with Crippen LogP contribution in [-0.2, 0) is 13.6 Å². The molecule has 1 aliphatic rings. The number of nitrogens with zero attached hydrogens (tertiary/aromatic N) is 8. The van der Waals surface area contributed by atoms with Crippen LogP contribution in [0.25, 0.3) is 33.3 Å². The maximum atomic E-state index is 13.7. The van der Waals surface area contributed by atoms with Crippen molar-refractivity contribution in [2.45, 2.75) is 39.4 Å². The number of anilines is 1. The van der Waals surface area contributed by atoms with Gasteiger partial charge in [-0.05, 0) is 57.1 Å². The van der Waals surface area contributed by atoms with Gasteiger partial charge in [0.1, 0.15) is 17.2 Å². The van der Waals surface area contributed by atoms with Crippen LogP contribution in [0.5, 0.6) is 0 Å². The van der Waals surface area contributed by atoms with Crippen molar-refractivity contribution in [1.82, 2.24) is 39.0 Å². The Balaban J connectivity index is 1.52. The fourth-order valence-electron chi connectivity index (χ4n) is 5.42. The number of fused-ring (bicyclic) bond motifs is 3. The first-order valence-corrected chi connectivity index (χ1v) is 13.1. The largest absolute Gasteiger partial charge is 0.377 e. The van der Waals surface area contributed by atoms with E-state index in [0.717, 1.165) is 46.3 Å². The van der Waals surface area contributed by atoms with E-state index in [9.17, 15) is 4.79 Å². The van der Waals surface area contributed by atoms with Gasteiger partial charge in [0.25, 0.3) is 5.56 Å². The van der Waals surface area contributed by atoms with Crippen molar-refractivity contribution in [3.05, 3.63) is 63.4 Å². The monoisotopic (exact) mass is 531 g/mol. The van der Waals surface area contributed by atoms with Crippen LogP contribution >= 0.6 is 11.6 Å². The summed E-state index contributed by atoms with van der Waals surface area (Å²) in [6.45, 7) is 8.54. The number of aromatic nitrogens is 7. The van der Waals surface area contributed by atoms with Crippen molar-refractivity contribution in [1.29, 1.82) is 0 Å². The topological polar surface area (TPSA) is 98.7 Å². The fourth-order valence-corrected chi connectivity index (χ4v) is 5.57. The number of rotatable bonds is 6. The van der Waals surface area contributed by atoms with Gasteiger partial charge in [-0.3, -0.25) is 18.7 Å². The lowest BCUT2D eigenvalue weighted by molar-refractivity contribution is 0.131. The molecule has 0 aliphatic carbocycles. The second kappa shape index (κ2) is 9.21. The first-order valence-electron chi connectivity index (χ1n) is 12.8. The summed E-state index contributed by atoms with van der Waals surface area (Å²) in [5.74, 6) is 0.485. The summed E-state index contributed by atoms with van der Waals surface area (Å²) in [4.78, 5) is 24.8. The van der Waals surface area contributed by atoms with Crippen LogP contribution in [0.15, 0.2) is 41.6 Å². The van der Waals surface area contributed by atoms with Crippen LogP contribution in [0.2, 0.25) is 5.15 Å². The van der Waals surface area contributed by atoms with Crippen molar-refractivity contribution in [2.75, 3.05) is 25.5 Å². The van der Waals surface area contributed by atoms with Crippen LogP contribution in [0.4, 0.5) is 5.69 Å². The van der Waals surface area contributed by atoms with E-state index in [1.165, 1.54) is 0 Å². The number of hydrogen-bond acceptors (Lipinski definition) is 7. The molecule has 1 atom stereocenters. The van der Waals surface area contributed by atoms with Gasteiger partial charge in [-0.25, -0.2) is 9.97 Å². The number of halogens is 1. The minimum atomic E-state index is -0.166. The van der Waals surface area contributed by atoms with Crippen molar-refractivity contribution < 1.29 is 0 Å². The highest BCUT2D eigenvalue weighted by molar-refractivity contribution is 6.29. The SMILES string of the molecule is CCn1c(=O)c2cc(C)cc(C(C)Nc3ccc(Cl)nc3-c3ncn(C)n3)c2c2cn(C3CN(C)C3)nc21. The number of likely N-dealkylation sites (tertiary alicyclic amines) is 1. The van der Waals surface area contributed by atoms with E-state index in [-0.39, 0.29) is 11.6 Å². The second-order valence-electron chi connectivity index (χ2n) is 10.2. The van der Waals surface area contributed by atoms with Crippen molar-refractivity contribution >= 4 is 39.1 Å². The Morgan fingerprint density at radius 2 is 1.95 bits per heavy atom. The lowest BCUT2D eigenvalue weighted by Gasteiger charge is -2.35. The summed E-state index contributed by atoms with van der Waals surface area (Å²) in [6.07, 6.45) is 3.74. The molecule has 10 nitrogen and oxygen atoms in total. The van der Waals surface area contributed by atoms with E-state index >= 15 is 0 Å². The maximum Gasteiger partial charge on any atom is 0.260 e. The molecule has 38 heavy (non-hydrogen) atoms. The van der Waals surface area contributed by atoms with Gasteiger partial charge in [-0.15, -0.1) is 5.10 Å². The molecule has 0 spiro atoms. The van der Waals surface area contributed by atoms with Crippen molar-refractivity contribution in [3.8, 4) is 11.5 Å². The highest BCUT2D eigenvalue weighted by atomic mass is 35.5. The molecule has 6 rings (SSSR count). The molecule has 4 aromatic heterocycles. The van der Waals surface area contributed by atoms with E-state index in [1.54, 1.807) is 21.6 Å². The Morgan fingerprint density at radius 1 is 1.16 bits per heavy atom. The Hall–Kier alpha value is -3.76. The van der Waals surface area contributed by atoms with Crippen molar-refractivity contribution in [2.24, 2.45) is 7.05 Å². The third-order valence-electron chi connectivity index (χ3n) is 7.27. The summed E-state index contributed by atoms with van der Waals surface area (Å²) in [5, 5.41) is 15.9. The molecule has 1 fully saturated rings. The molecule has 0 saturated carbocycles. The third kappa shape index (κ3) is 4.04. The first kappa shape index (κ1) is 24.6. The van der Waals surface area contributed by atoms with Crippen molar-refractivity contribution in [3.63, 3.8) is 0 Å². The van der Waals surface area contributed by atoms with Gasteiger partial charge in [-0.2, -0.15) is 5.10 Å². The minimum absolute atomic E-state index is 0.0188. The molecular formula is C27H30ClN9O. The Morgan fingerprint density at radius 3 is 2.63 bits per heavy atom. The highest BCUT2D eigenvalue weighted by Crippen LogP contribution is 2.35. The number of hydrogen-bond donors (Lipinski definition) is 1. The average molecular weight is 532 g/mol. The molecule has 1 unspecified atom stereocenters. The summed E-state index contributed by atoms with van der Waals surface area (Å²) >= 11 is 6.24. The summed E-state index contributed by atoms with van der Waals surface area (Å²) < 4.78 is 5.45. The second-order valence-corrected chi connectivity index (χ2v) is 10.6. The maximum absolute atomic E-state index is 13.7. The van der Waals surface area contributed by atoms with Crippen LogP contribution in [0.3, 0.4) is 0 Å². The predicted octanol–water partition coefficient (Wildman–Crippen LogP) is 4.18. The Bertz CT molecular complexity index is 1750. The Kier molecular flexibility index (Phi) is 5.96. The minimum Gasteiger partial charge on any atom is -0.377 e. The highest BCUT2D eigenvalue weighted by Gasteiger charge is 2.28. The zero-order chi connectivity index (χ0) is 26.7. The molecule has 1 aliphatic heterocycles. The average Bonchev–Trinajstić information content (AvgIpc) is 3.49. The Labute approximate surface area is 224 Å². The molecular weight excluding hydrogens is 502 g/mol. The van der Waals surface area contributed by atoms with E-state index in [1.807, 2.05) is 37.7 Å². The van der Waals surface area contributed by atoms with Gasteiger partial charge in [0, 0.05) is 55.1 Å². The van der Waals surface area contributed by atoms with Crippen LogP contribution < -0.4 is 10.9 Å². The standard InChI is InChI=1S/C27H30ClN9O/c1-6-36-26-20(13-37(33-26)17-11-34(4)12-17)23-18(9-15(2)10-19(23)27(36)38)16(3)30-21-7-8-22(28)31-24(21)25-29-14-35(5)32-25/h7-10,13-14,16-17,30H,6,11-12H2,1-5H3. The van der Waals surface area contributed by atoms with Gasteiger partial charge in [0.15, 0.2) is 5.65 Å². The smallest absolute Gasteiger partial charge is 0.260 e. The number of aryl methyl sites for hydroxylation is 3. The molecule has 5 heterocycles. The van der Waals surface area contributed by atoms with E-state index in [4.69, 9.17) is 16.7 Å². The zero-order valence-electron chi connectivity index (χ0n) is 22.1. The molecule has 1 aromatic carbocycles. The van der Waals surface area contributed by atoms with Crippen LogP contribution in [0, 0.1) is 6.92 Å². The third-order valence-corrected chi connectivity index (χ3v) is 7.48. The number of pyridine rings is 2. The normalized spacial score (nSPS) is 15.3. The van der Waals surface area contributed by atoms with Gasteiger partial charge >= 0.3 is 0 Å². The van der Waals surface area contributed by atoms with Gasteiger partial charge in [-0.1, -0.05) is 17.7 Å². The lowest BCUT2D eigenvalue weighted by Crippen LogP contribution is -2.45. The van der Waals surface area contributed by atoms with E-state index < -0.39 is 0 Å². The summed E-state index contributed by atoms with van der Waals surface area (Å²) in [7, 11) is 3.91. The number of nitrogens with one attached hydrogen (secondary N) is 1. The van der Waals surface area contributed by atoms with Crippen LogP contribution in [0.1, 0.15) is 37.1 Å². The van der Waals surface area contributed by atoms with E-state index in [0.29, 0.717) is 34.6 Å². The predicted molar refractivity (Wildman–Crippen MR) is 150 cm³/mol. The number of likely N-dealkylation sites (N-methyl/N-ethyl adjacent to an activating group) is 1. The van der Waals surface area contributed by atoms with Gasteiger partial charge in [0.05, 0.1) is 11.7 Å². The van der Waals surface area contributed by atoms with Gasteiger partial charge < -0.3 is 10.2 Å². The fraction of sp³-hybridized carbons (Fsp3) is 0.370.